The van der Waals surface area contributed by atoms with Gasteiger partial charge < -0.3 is 20.7 Å². The molecule has 0 radical (unpaired) electrons. The van der Waals surface area contributed by atoms with Crippen molar-refractivity contribution in [3.63, 3.8) is 0 Å². The molecule has 1 saturated heterocycles. The summed E-state index contributed by atoms with van der Waals surface area (Å²) in [6.07, 6.45) is -5.23. The highest BCUT2D eigenvalue weighted by molar-refractivity contribution is 5.23. The number of alkyl halides is 2. The predicted molar refractivity (Wildman–Crippen MR) is 68.7 cm³/mol. The van der Waals surface area contributed by atoms with Gasteiger partial charge in [0.25, 0.3) is 0 Å². The first kappa shape index (κ1) is 15.8. The second-order valence-corrected chi connectivity index (χ2v) is 4.97. The Morgan fingerprint density at radius 1 is 1.62 bits per heavy atom. The van der Waals surface area contributed by atoms with Crippen molar-refractivity contribution in [2.24, 2.45) is 0 Å². The first-order valence-electron chi connectivity index (χ1n) is 6.53. The summed E-state index contributed by atoms with van der Waals surface area (Å²) in [5, 5.41) is 19.5. The molecule has 1 fully saturated rings. The number of aliphatic hydroxyl groups is 2. The van der Waals surface area contributed by atoms with E-state index in [9.17, 15) is 23.8 Å². The van der Waals surface area contributed by atoms with Crippen molar-refractivity contribution in [2.45, 2.75) is 50.2 Å². The number of hydrogen-bond acceptors (Lipinski definition) is 6. The number of aliphatic hydroxyl groups excluding tert-OH is 2. The van der Waals surface area contributed by atoms with Crippen LogP contribution in [0.5, 0.6) is 0 Å². The van der Waals surface area contributed by atoms with Crippen molar-refractivity contribution in [3.05, 3.63) is 22.7 Å². The lowest BCUT2D eigenvalue weighted by Gasteiger charge is -2.21. The van der Waals surface area contributed by atoms with Crippen molar-refractivity contribution < 1.29 is 23.7 Å². The van der Waals surface area contributed by atoms with Gasteiger partial charge in [0.15, 0.2) is 6.10 Å². The second-order valence-electron chi connectivity index (χ2n) is 4.97. The standard InChI is InChI=1S/C12H17F2N3O4/c1-2-3-6(18)8-9(19)12(13,14)10(21-8)17-5-4-7(15)16-11(17)20/h4-6,8-10,18-19H,2-3H2,1H3,(H2,15,16,20)/t6-,8-,9-,10-/m1/s1. The Balaban J connectivity index is 2.34. The summed E-state index contributed by atoms with van der Waals surface area (Å²) in [6.45, 7) is 1.76. The van der Waals surface area contributed by atoms with E-state index in [-0.39, 0.29) is 12.2 Å². The van der Waals surface area contributed by atoms with Crippen molar-refractivity contribution in [2.75, 3.05) is 5.73 Å². The molecule has 0 spiro atoms. The van der Waals surface area contributed by atoms with Crippen molar-refractivity contribution in [3.8, 4) is 0 Å². The van der Waals surface area contributed by atoms with Crippen molar-refractivity contribution in [1.29, 1.82) is 0 Å². The third-order valence-corrected chi connectivity index (χ3v) is 3.39. The Hall–Kier alpha value is -1.58. The van der Waals surface area contributed by atoms with Gasteiger partial charge in [-0.25, -0.2) is 4.79 Å². The number of hydrogen-bond donors (Lipinski definition) is 3. The van der Waals surface area contributed by atoms with E-state index in [4.69, 9.17) is 10.5 Å². The number of anilines is 1. The van der Waals surface area contributed by atoms with E-state index < -0.39 is 36.2 Å². The highest BCUT2D eigenvalue weighted by Crippen LogP contribution is 2.43. The minimum Gasteiger partial charge on any atom is -0.390 e. The maximum atomic E-state index is 14.1. The van der Waals surface area contributed by atoms with Crippen LogP contribution >= 0.6 is 0 Å². The lowest BCUT2D eigenvalue weighted by molar-refractivity contribution is -0.141. The van der Waals surface area contributed by atoms with E-state index in [1.165, 1.54) is 6.07 Å². The molecule has 1 aliphatic rings. The predicted octanol–water partition coefficient (Wildman–Crippen LogP) is -0.120. The fraction of sp³-hybridized carbons (Fsp3) is 0.667. The number of aromatic nitrogens is 2. The molecule has 9 heteroatoms. The van der Waals surface area contributed by atoms with Gasteiger partial charge in [0, 0.05) is 6.20 Å². The number of nitrogens with zero attached hydrogens (tertiary/aromatic N) is 2. The maximum Gasteiger partial charge on any atom is 0.351 e. The molecule has 21 heavy (non-hydrogen) atoms. The molecule has 4 atom stereocenters. The fourth-order valence-corrected chi connectivity index (χ4v) is 2.30. The quantitative estimate of drug-likeness (QED) is 0.715. The molecule has 0 amide bonds. The van der Waals surface area contributed by atoms with Crippen LogP contribution in [0.25, 0.3) is 0 Å². The molecule has 0 aliphatic carbocycles. The number of nitrogen functional groups attached to an aromatic ring is 1. The van der Waals surface area contributed by atoms with Gasteiger partial charge in [0.05, 0.1) is 6.10 Å². The summed E-state index contributed by atoms with van der Waals surface area (Å²) in [5.74, 6) is -3.85. The summed E-state index contributed by atoms with van der Waals surface area (Å²) in [4.78, 5) is 15.0. The highest BCUT2D eigenvalue weighted by atomic mass is 19.3. The van der Waals surface area contributed by atoms with E-state index >= 15 is 0 Å². The van der Waals surface area contributed by atoms with E-state index in [0.29, 0.717) is 11.0 Å². The number of nitrogens with two attached hydrogens (primary N) is 1. The van der Waals surface area contributed by atoms with Crippen LogP contribution in [0.2, 0.25) is 0 Å². The number of halogens is 2. The molecule has 1 aromatic rings. The van der Waals surface area contributed by atoms with E-state index in [1.54, 1.807) is 6.92 Å². The van der Waals surface area contributed by atoms with Crippen LogP contribution in [0.15, 0.2) is 17.1 Å². The summed E-state index contributed by atoms with van der Waals surface area (Å²) in [5.41, 5.74) is 4.28. The van der Waals surface area contributed by atoms with E-state index in [0.717, 1.165) is 6.20 Å². The smallest absolute Gasteiger partial charge is 0.351 e. The first-order chi connectivity index (χ1) is 9.78. The Kier molecular flexibility index (Phi) is 4.26. The fourth-order valence-electron chi connectivity index (χ4n) is 2.30. The molecule has 0 bridgehead atoms. The lowest BCUT2D eigenvalue weighted by atomic mass is 10.0. The molecule has 2 rings (SSSR count). The van der Waals surface area contributed by atoms with Gasteiger partial charge in [-0.2, -0.15) is 13.8 Å². The van der Waals surface area contributed by atoms with Gasteiger partial charge >= 0.3 is 11.6 Å². The van der Waals surface area contributed by atoms with Crippen LogP contribution < -0.4 is 11.4 Å². The Bertz CT molecular complexity index is 566. The van der Waals surface area contributed by atoms with Gasteiger partial charge in [0.2, 0.25) is 6.23 Å². The third-order valence-electron chi connectivity index (χ3n) is 3.39. The molecule has 0 aromatic carbocycles. The van der Waals surface area contributed by atoms with Crippen LogP contribution in [0.4, 0.5) is 14.6 Å². The molecule has 0 saturated carbocycles. The summed E-state index contributed by atoms with van der Waals surface area (Å²) >= 11 is 0. The summed E-state index contributed by atoms with van der Waals surface area (Å²) in [7, 11) is 0. The minimum absolute atomic E-state index is 0.110. The molecule has 7 nitrogen and oxygen atoms in total. The number of ether oxygens (including phenoxy) is 1. The molecule has 4 N–H and O–H groups in total. The topological polar surface area (TPSA) is 111 Å². The van der Waals surface area contributed by atoms with Gasteiger partial charge in [-0.05, 0) is 12.5 Å². The second kappa shape index (κ2) is 5.66. The molecule has 0 unspecified atom stereocenters. The van der Waals surface area contributed by atoms with Crippen LogP contribution in [0.3, 0.4) is 0 Å². The van der Waals surface area contributed by atoms with E-state index in [2.05, 4.69) is 4.98 Å². The minimum atomic E-state index is -3.74. The number of rotatable bonds is 4. The summed E-state index contributed by atoms with van der Waals surface area (Å²) in [6, 6.07) is 1.17. The monoisotopic (exact) mass is 305 g/mol. The highest BCUT2D eigenvalue weighted by Gasteiger charge is 2.61. The molecular weight excluding hydrogens is 288 g/mol. The van der Waals surface area contributed by atoms with Crippen LogP contribution in [0.1, 0.15) is 26.0 Å². The normalized spacial score (nSPS) is 29.5. The van der Waals surface area contributed by atoms with Gasteiger partial charge in [-0.3, -0.25) is 4.57 Å². The summed E-state index contributed by atoms with van der Waals surface area (Å²) < 4.78 is 33.8. The zero-order valence-corrected chi connectivity index (χ0v) is 11.3. The Labute approximate surface area is 119 Å². The zero-order valence-electron chi connectivity index (χ0n) is 11.3. The van der Waals surface area contributed by atoms with E-state index in [1.807, 2.05) is 0 Å². The largest absolute Gasteiger partial charge is 0.390 e. The molecule has 118 valence electrons. The maximum absolute atomic E-state index is 14.1. The van der Waals surface area contributed by atoms with Crippen LogP contribution in [0, 0.1) is 0 Å². The average Bonchev–Trinajstić information content (AvgIpc) is 2.62. The SMILES string of the molecule is CCC[C@@H](O)[C@H]1O[C@@H](n2ccc(N)nc2=O)C(F)(F)[C@@H]1O. The lowest BCUT2D eigenvalue weighted by Crippen LogP contribution is -2.43. The van der Waals surface area contributed by atoms with Crippen LogP contribution in [-0.4, -0.2) is 44.0 Å². The third kappa shape index (κ3) is 2.76. The molecule has 2 heterocycles. The molecular formula is C12H17F2N3O4. The zero-order chi connectivity index (χ0) is 15.8. The van der Waals surface area contributed by atoms with Crippen molar-refractivity contribution >= 4 is 5.82 Å². The van der Waals surface area contributed by atoms with Gasteiger partial charge in [0.1, 0.15) is 11.9 Å². The Morgan fingerprint density at radius 3 is 2.86 bits per heavy atom. The molecule has 1 aromatic heterocycles. The van der Waals surface area contributed by atoms with Crippen LogP contribution in [-0.2, 0) is 4.74 Å². The molecule has 1 aliphatic heterocycles. The average molecular weight is 305 g/mol. The van der Waals surface area contributed by atoms with Crippen molar-refractivity contribution in [1.82, 2.24) is 9.55 Å². The Morgan fingerprint density at radius 2 is 2.29 bits per heavy atom. The van der Waals surface area contributed by atoms with Gasteiger partial charge in [-0.1, -0.05) is 13.3 Å². The van der Waals surface area contributed by atoms with Gasteiger partial charge in [-0.15, -0.1) is 0 Å². The first-order valence-corrected chi connectivity index (χ1v) is 6.53.